The van der Waals surface area contributed by atoms with Crippen molar-refractivity contribution in [1.29, 1.82) is 0 Å². The van der Waals surface area contributed by atoms with Crippen molar-refractivity contribution in [3.05, 3.63) is 53.6 Å². The van der Waals surface area contributed by atoms with E-state index in [0.29, 0.717) is 0 Å². The van der Waals surface area contributed by atoms with E-state index in [4.69, 9.17) is 0 Å². The minimum absolute atomic E-state index is 1.09. The molecule has 2 aromatic carbocycles. The Labute approximate surface area is 97.1 Å². The summed E-state index contributed by atoms with van der Waals surface area (Å²) in [7, 11) is 1.94. The molecule has 2 rings (SSSR count). The molecule has 0 fully saturated rings. The summed E-state index contributed by atoms with van der Waals surface area (Å²) in [5.41, 5.74) is 5.81. The maximum Gasteiger partial charge on any atom is 0.0367 e. The Hall–Kier alpha value is -1.94. The van der Waals surface area contributed by atoms with Crippen molar-refractivity contribution in [3.63, 3.8) is 0 Å². The zero-order valence-corrected chi connectivity index (χ0v) is 9.89. The highest BCUT2D eigenvalue weighted by molar-refractivity contribution is 5.67. The van der Waals surface area contributed by atoms with Gasteiger partial charge >= 0.3 is 0 Å². The van der Waals surface area contributed by atoms with E-state index in [1.54, 1.807) is 0 Å². The minimum atomic E-state index is 1.09. The molecule has 1 nitrogen and oxygen atoms in total. The van der Waals surface area contributed by atoms with Crippen LogP contribution in [-0.4, -0.2) is 7.05 Å². The third-order valence-electron chi connectivity index (χ3n) is 2.70. The standard InChI is InChI=1S/C15H15N/c1-11-4-6-13(7-5-11)14-8-9-15(16-3)12(2)10-14/h4,6,8-10,16H,1-3H3. The van der Waals surface area contributed by atoms with Crippen LogP contribution in [0.3, 0.4) is 0 Å². The van der Waals surface area contributed by atoms with Crippen molar-refractivity contribution in [2.24, 2.45) is 0 Å². The molecule has 0 saturated carbocycles. The first-order chi connectivity index (χ1) is 7.70. The van der Waals surface area contributed by atoms with Gasteiger partial charge in [-0.2, -0.15) is 0 Å². The number of rotatable bonds is 2. The Morgan fingerprint density at radius 3 is 2.38 bits per heavy atom. The van der Waals surface area contributed by atoms with Crippen molar-refractivity contribution < 1.29 is 0 Å². The first-order valence-corrected chi connectivity index (χ1v) is 5.40. The van der Waals surface area contributed by atoms with Crippen molar-refractivity contribution >= 4 is 5.69 Å². The lowest BCUT2D eigenvalue weighted by molar-refractivity contribution is 1.40. The molecule has 0 bridgehead atoms. The molecule has 0 aromatic heterocycles. The number of aryl methyl sites for hydroxylation is 2. The van der Waals surface area contributed by atoms with Crippen molar-refractivity contribution in [1.82, 2.24) is 0 Å². The van der Waals surface area contributed by atoms with E-state index in [-0.39, 0.29) is 0 Å². The maximum atomic E-state index is 3.17. The molecule has 0 amide bonds. The monoisotopic (exact) mass is 209 g/mol. The van der Waals surface area contributed by atoms with E-state index in [1.807, 2.05) is 14.0 Å². The van der Waals surface area contributed by atoms with E-state index in [9.17, 15) is 0 Å². The van der Waals surface area contributed by atoms with Crippen LogP contribution in [0.25, 0.3) is 11.1 Å². The van der Waals surface area contributed by atoms with Gasteiger partial charge < -0.3 is 5.32 Å². The van der Waals surface area contributed by atoms with Gasteiger partial charge in [0, 0.05) is 18.3 Å². The van der Waals surface area contributed by atoms with Gasteiger partial charge in [0.25, 0.3) is 0 Å². The molecule has 1 N–H and O–H groups in total. The summed E-state index contributed by atoms with van der Waals surface area (Å²) in [6.07, 6.45) is 0. The molecule has 0 spiro atoms. The number of hydrogen-bond donors (Lipinski definition) is 1. The van der Waals surface area contributed by atoms with Gasteiger partial charge in [0.15, 0.2) is 0 Å². The summed E-state index contributed by atoms with van der Waals surface area (Å²) >= 11 is 0. The SMILES string of the molecule is CNc1ccc(-c2c#cc(C)cc2)cc1C. The Kier molecular flexibility index (Phi) is 2.83. The molecule has 0 unspecified atom stereocenters. The highest BCUT2D eigenvalue weighted by atomic mass is 14.8. The molecule has 1 heteroatoms. The fourth-order valence-corrected chi connectivity index (χ4v) is 1.74. The van der Waals surface area contributed by atoms with Crippen LogP contribution in [0.5, 0.6) is 0 Å². The second kappa shape index (κ2) is 4.28. The lowest BCUT2D eigenvalue weighted by atomic mass is 10.0. The van der Waals surface area contributed by atoms with Crippen LogP contribution in [0.2, 0.25) is 0 Å². The second-order valence-electron chi connectivity index (χ2n) is 3.96. The van der Waals surface area contributed by atoms with Gasteiger partial charge in [-0.3, -0.25) is 0 Å². The molecular weight excluding hydrogens is 194 g/mol. The van der Waals surface area contributed by atoms with Gasteiger partial charge in [-0.1, -0.05) is 18.2 Å². The summed E-state index contributed by atoms with van der Waals surface area (Å²) in [6.45, 7) is 4.13. The van der Waals surface area contributed by atoms with Gasteiger partial charge in [-0.15, -0.1) is 0 Å². The maximum absolute atomic E-state index is 3.17. The highest BCUT2D eigenvalue weighted by Crippen LogP contribution is 2.23. The normalized spacial score (nSPS) is 9.69. The number of nitrogens with one attached hydrogen (secondary N) is 1. The van der Waals surface area contributed by atoms with E-state index >= 15 is 0 Å². The van der Waals surface area contributed by atoms with Crippen LogP contribution < -0.4 is 5.32 Å². The molecule has 80 valence electrons. The second-order valence-corrected chi connectivity index (χ2v) is 3.96. The molecule has 0 aliphatic heterocycles. The molecule has 0 saturated heterocycles. The highest BCUT2D eigenvalue weighted by Gasteiger charge is 2.00. The third-order valence-corrected chi connectivity index (χ3v) is 2.70. The van der Waals surface area contributed by atoms with Crippen LogP contribution in [0, 0.1) is 26.0 Å². The lowest BCUT2D eigenvalue weighted by Gasteiger charge is -2.07. The van der Waals surface area contributed by atoms with E-state index in [2.05, 4.69) is 54.7 Å². The summed E-state index contributed by atoms with van der Waals surface area (Å²) in [4.78, 5) is 0. The first kappa shape index (κ1) is 10.6. The van der Waals surface area contributed by atoms with Crippen molar-refractivity contribution in [2.75, 3.05) is 12.4 Å². The zero-order chi connectivity index (χ0) is 11.5. The molecule has 0 heterocycles. The van der Waals surface area contributed by atoms with Gasteiger partial charge in [-0.25, -0.2) is 0 Å². The fraction of sp³-hybridized carbons (Fsp3) is 0.200. The van der Waals surface area contributed by atoms with Crippen molar-refractivity contribution in [2.45, 2.75) is 13.8 Å². The van der Waals surface area contributed by atoms with Crippen LogP contribution >= 0.6 is 0 Å². The van der Waals surface area contributed by atoms with Gasteiger partial charge in [0.2, 0.25) is 0 Å². The number of anilines is 1. The van der Waals surface area contributed by atoms with Gasteiger partial charge in [0.05, 0.1) is 0 Å². The minimum Gasteiger partial charge on any atom is -0.388 e. The largest absolute Gasteiger partial charge is 0.388 e. The number of benzene rings is 1. The third kappa shape index (κ3) is 2.01. The summed E-state index contributed by atoms with van der Waals surface area (Å²) in [6, 6.07) is 16.8. The van der Waals surface area contributed by atoms with Crippen molar-refractivity contribution in [3.8, 4) is 11.1 Å². The van der Waals surface area contributed by atoms with E-state index in [0.717, 1.165) is 11.1 Å². The van der Waals surface area contributed by atoms with Crippen LogP contribution in [0.15, 0.2) is 30.3 Å². The first-order valence-electron chi connectivity index (χ1n) is 5.40. The Balaban J connectivity index is 2.41. The smallest absolute Gasteiger partial charge is 0.0367 e. The average molecular weight is 209 g/mol. The van der Waals surface area contributed by atoms with Crippen LogP contribution in [0.4, 0.5) is 5.69 Å². The quantitative estimate of drug-likeness (QED) is 0.796. The predicted molar refractivity (Wildman–Crippen MR) is 68.6 cm³/mol. The molecular formula is C15H15N. The fourth-order valence-electron chi connectivity index (χ4n) is 1.74. The molecule has 0 aliphatic carbocycles. The average Bonchev–Trinajstić information content (AvgIpc) is 2.30. The predicted octanol–water partition coefficient (Wildman–Crippen LogP) is 3.61. The van der Waals surface area contributed by atoms with Gasteiger partial charge in [0.1, 0.15) is 0 Å². The Bertz CT molecular complexity index is 483. The molecule has 0 radical (unpaired) electrons. The van der Waals surface area contributed by atoms with Crippen LogP contribution in [0.1, 0.15) is 11.1 Å². The Morgan fingerprint density at radius 2 is 1.81 bits per heavy atom. The molecule has 0 aliphatic rings. The topological polar surface area (TPSA) is 12.0 Å². The Morgan fingerprint density at radius 1 is 1.00 bits per heavy atom. The van der Waals surface area contributed by atoms with Crippen LogP contribution in [-0.2, 0) is 0 Å². The lowest BCUT2D eigenvalue weighted by Crippen LogP contribution is -1.91. The molecule has 0 atom stereocenters. The summed E-state index contributed by atoms with van der Waals surface area (Å²) in [5.74, 6) is 0. The summed E-state index contributed by atoms with van der Waals surface area (Å²) < 4.78 is 0. The van der Waals surface area contributed by atoms with E-state index in [1.165, 1.54) is 16.8 Å². The van der Waals surface area contributed by atoms with E-state index < -0.39 is 0 Å². The number of hydrogen-bond acceptors (Lipinski definition) is 1. The van der Waals surface area contributed by atoms with Gasteiger partial charge in [-0.05, 0) is 54.8 Å². The molecule has 16 heavy (non-hydrogen) atoms. The molecule has 2 aromatic rings. The zero-order valence-electron chi connectivity index (χ0n) is 9.89. The summed E-state index contributed by atoms with van der Waals surface area (Å²) in [5, 5.41) is 3.17.